The molecule has 1 heterocycles. The zero-order valence-corrected chi connectivity index (χ0v) is 11.8. The van der Waals surface area contributed by atoms with Gasteiger partial charge in [-0.1, -0.05) is 23.7 Å². The van der Waals surface area contributed by atoms with Crippen LogP contribution in [-0.2, 0) is 6.54 Å². The summed E-state index contributed by atoms with van der Waals surface area (Å²) in [5.41, 5.74) is 2.52. The standard InChI is InChI=1S/C15H18ClN3/c1-11(12-2-4-13(16)5-3-12)18-9-15-8-17-10-19(15)14-6-7-14/h2-5,8,10-11,14,18H,6-7,9H2,1H3/t11-/m1/s1. The normalized spacial score (nSPS) is 16.5. The average Bonchev–Trinajstić information content (AvgIpc) is 3.16. The summed E-state index contributed by atoms with van der Waals surface area (Å²) in [5.74, 6) is 0. The van der Waals surface area contributed by atoms with Crippen molar-refractivity contribution in [2.24, 2.45) is 0 Å². The molecule has 1 saturated carbocycles. The van der Waals surface area contributed by atoms with Crippen molar-refractivity contribution < 1.29 is 0 Å². The van der Waals surface area contributed by atoms with Crippen molar-refractivity contribution in [3.63, 3.8) is 0 Å². The Balaban J connectivity index is 1.62. The number of benzene rings is 1. The van der Waals surface area contributed by atoms with E-state index in [9.17, 15) is 0 Å². The molecule has 1 fully saturated rings. The third-order valence-corrected chi connectivity index (χ3v) is 3.90. The fraction of sp³-hybridized carbons (Fsp3) is 0.400. The highest BCUT2D eigenvalue weighted by atomic mass is 35.5. The van der Waals surface area contributed by atoms with E-state index in [2.05, 4.69) is 33.9 Å². The first-order valence-corrected chi connectivity index (χ1v) is 7.11. The predicted octanol–water partition coefficient (Wildman–Crippen LogP) is 3.72. The van der Waals surface area contributed by atoms with Crippen molar-refractivity contribution in [3.05, 3.63) is 53.1 Å². The minimum Gasteiger partial charge on any atom is -0.330 e. The molecule has 2 aromatic rings. The Bertz CT molecular complexity index is 543. The maximum Gasteiger partial charge on any atom is 0.0951 e. The topological polar surface area (TPSA) is 29.9 Å². The first-order chi connectivity index (χ1) is 9.24. The van der Waals surface area contributed by atoms with Crippen LogP contribution < -0.4 is 5.32 Å². The van der Waals surface area contributed by atoms with E-state index in [0.29, 0.717) is 12.1 Å². The highest BCUT2D eigenvalue weighted by Gasteiger charge is 2.25. The van der Waals surface area contributed by atoms with Crippen molar-refractivity contribution in [1.29, 1.82) is 0 Å². The molecule has 3 rings (SSSR count). The molecule has 1 aromatic heterocycles. The molecule has 4 heteroatoms. The first kappa shape index (κ1) is 12.7. The Morgan fingerprint density at radius 1 is 1.37 bits per heavy atom. The Hall–Kier alpha value is -1.32. The second-order valence-corrected chi connectivity index (χ2v) is 5.61. The number of nitrogens with zero attached hydrogens (tertiary/aromatic N) is 2. The Kier molecular flexibility index (Phi) is 3.58. The Labute approximate surface area is 118 Å². The summed E-state index contributed by atoms with van der Waals surface area (Å²) in [4.78, 5) is 4.25. The second-order valence-electron chi connectivity index (χ2n) is 5.18. The summed E-state index contributed by atoms with van der Waals surface area (Å²) in [6.07, 6.45) is 6.48. The minimum absolute atomic E-state index is 0.305. The van der Waals surface area contributed by atoms with Gasteiger partial charge < -0.3 is 9.88 Å². The van der Waals surface area contributed by atoms with E-state index in [1.807, 2.05) is 24.7 Å². The van der Waals surface area contributed by atoms with Crippen LogP contribution in [0, 0.1) is 0 Å². The molecule has 1 aliphatic rings. The maximum atomic E-state index is 5.91. The zero-order valence-electron chi connectivity index (χ0n) is 11.0. The number of halogens is 1. The third-order valence-electron chi connectivity index (χ3n) is 3.65. The Morgan fingerprint density at radius 3 is 2.79 bits per heavy atom. The van der Waals surface area contributed by atoms with E-state index in [4.69, 9.17) is 11.6 Å². The number of imidazole rings is 1. The highest BCUT2D eigenvalue weighted by Crippen LogP contribution is 2.35. The summed E-state index contributed by atoms with van der Waals surface area (Å²) in [6, 6.07) is 8.99. The van der Waals surface area contributed by atoms with Crippen molar-refractivity contribution in [2.45, 2.75) is 38.4 Å². The van der Waals surface area contributed by atoms with Gasteiger partial charge in [0.1, 0.15) is 0 Å². The van der Waals surface area contributed by atoms with Crippen LogP contribution in [0.1, 0.15) is 43.1 Å². The molecule has 1 atom stereocenters. The van der Waals surface area contributed by atoms with Gasteiger partial charge in [-0.3, -0.25) is 0 Å². The van der Waals surface area contributed by atoms with Crippen molar-refractivity contribution in [3.8, 4) is 0 Å². The molecule has 0 saturated heterocycles. The van der Waals surface area contributed by atoms with Gasteiger partial charge in [0.25, 0.3) is 0 Å². The number of nitrogens with one attached hydrogen (secondary N) is 1. The van der Waals surface area contributed by atoms with E-state index in [1.165, 1.54) is 24.1 Å². The first-order valence-electron chi connectivity index (χ1n) is 6.73. The van der Waals surface area contributed by atoms with Gasteiger partial charge in [-0.15, -0.1) is 0 Å². The lowest BCUT2D eigenvalue weighted by Gasteiger charge is -2.15. The van der Waals surface area contributed by atoms with Gasteiger partial charge in [0, 0.05) is 29.8 Å². The van der Waals surface area contributed by atoms with E-state index < -0.39 is 0 Å². The van der Waals surface area contributed by atoms with Crippen molar-refractivity contribution >= 4 is 11.6 Å². The molecule has 1 aliphatic carbocycles. The summed E-state index contributed by atoms with van der Waals surface area (Å²) < 4.78 is 2.29. The van der Waals surface area contributed by atoms with Crippen molar-refractivity contribution in [2.75, 3.05) is 0 Å². The lowest BCUT2D eigenvalue weighted by molar-refractivity contribution is 0.547. The molecule has 1 aromatic carbocycles. The minimum atomic E-state index is 0.305. The zero-order chi connectivity index (χ0) is 13.2. The molecule has 0 aliphatic heterocycles. The van der Waals surface area contributed by atoms with Crippen molar-refractivity contribution in [1.82, 2.24) is 14.9 Å². The predicted molar refractivity (Wildman–Crippen MR) is 77.2 cm³/mol. The molecule has 0 bridgehead atoms. The van der Waals surface area contributed by atoms with Crippen LogP contribution in [0.5, 0.6) is 0 Å². The SMILES string of the molecule is C[C@@H](NCc1cncn1C1CC1)c1ccc(Cl)cc1. The third kappa shape index (κ3) is 2.99. The van der Waals surface area contributed by atoms with Crippen LogP contribution in [0.3, 0.4) is 0 Å². The fourth-order valence-electron chi connectivity index (χ4n) is 2.28. The van der Waals surface area contributed by atoms with E-state index in [0.717, 1.165) is 11.6 Å². The van der Waals surface area contributed by atoms with Gasteiger partial charge in [-0.25, -0.2) is 4.98 Å². The number of hydrogen-bond acceptors (Lipinski definition) is 2. The van der Waals surface area contributed by atoms with Gasteiger partial charge in [0.05, 0.1) is 12.0 Å². The number of hydrogen-bond donors (Lipinski definition) is 1. The lowest BCUT2D eigenvalue weighted by Crippen LogP contribution is -2.19. The highest BCUT2D eigenvalue weighted by molar-refractivity contribution is 6.30. The summed E-state index contributed by atoms with van der Waals surface area (Å²) in [5, 5.41) is 4.32. The summed E-state index contributed by atoms with van der Waals surface area (Å²) in [7, 11) is 0. The maximum absolute atomic E-state index is 5.91. The monoisotopic (exact) mass is 275 g/mol. The molecular weight excluding hydrogens is 258 g/mol. The van der Waals surface area contributed by atoms with Crippen LogP contribution in [0.2, 0.25) is 5.02 Å². The molecule has 100 valence electrons. The molecule has 1 N–H and O–H groups in total. The van der Waals surface area contributed by atoms with E-state index >= 15 is 0 Å². The van der Waals surface area contributed by atoms with Crippen LogP contribution in [-0.4, -0.2) is 9.55 Å². The molecule has 19 heavy (non-hydrogen) atoms. The van der Waals surface area contributed by atoms with Gasteiger partial charge in [-0.05, 0) is 37.5 Å². The summed E-state index contributed by atoms with van der Waals surface area (Å²) >= 11 is 5.91. The van der Waals surface area contributed by atoms with E-state index in [-0.39, 0.29) is 0 Å². The fourth-order valence-corrected chi connectivity index (χ4v) is 2.40. The quantitative estimate of drug-likeness (QED) is 0.901. The molecule has 3 nitrogen and oxygen atoms in total. The lowest BCUT2D eigenvalue weighted by atomic mass is 10.1. The van der Waals surface area contributed by atoms with E-state index in [1.54, 1.807) is 0 Å². The number of rotatable bonds is 5. The van der Waals surface area contributed by atoms with Gasteiger partial charge >= 0.3 is 0 Å². The molecule has 0 radical (unpaired) electrons. The van der Waals surface area contributed by atoms with Crippen LogP contribution in [0.4, 0.5) is 0 Å². The van der Waals surface area contributed by atoms with Crippen LogP contribution >= 0.6 is 11.6 Å². The molecule has 0 unspecified atom stereocenters. The van der Waals surface area contributed by atoms with Crippen LogP contribution in [0.25, 0.3) is 0 Å². The molecular formula is C15H18ClN3. The largest absolute Gasteiger partial charge is 0.330 e. The summed E-state index contributed by atoms with van der Waals surface area (Å²) in [6.45, 7) is 3.02. The smallest absolute Gasteiger partial charge is 0.0951 e. The molecule has 0 amide bonds. The molecule has 0 spiro atoms. The number of aromatic nitrogens is 2. The van der Waals surface area contributed by atoms with Crippen LogP contribution in [0.15, 0.2) is 36.8 Å². The van der Waals surface area contributed by atoms with Gasteiger partial charge in [0.2, 0.25) is 0 Å². The average molecular weight is 276 g/mol. The Morgan fingerprint density at radius 2 is 2.11 bits per heavy atom. The second kappa shape index (κ2) is 5.35. The van der Waals surface area contributed by atoms with Gasteiger partial charge in [0.15, 0.2) is 0 Å². The van der Waals surface area contributed by atoms with Gasteiger partial charge in [-0.2, -0.15) is 0 Å².